The molecule has 8 N–H and O–H groups in total. The second-order valence-corrected chi connectivity index (χ2v) is 22.7. The highest BCUT2D eigenvalue weighted by molar-refractivity contribution is 5.30. The summed E-state index contributed by atoms with van der Waals surface area (Å²) in [5.41, 5.74) is 1.20. The molecular weight excluding hydrogens is 801 g/mol. The molecule has 0 bridgehead atoms. The molecule has 3 saturated heterocycles. The summed E-state index contributed by atoms with van der Waals surface area (Å²) in [6.07, 6.45) is 0.287. The van der Waals surface area contributed by atoms with Crippen molar-refractivity contribution in [3.8, 4) is 0 Å². The summed E-state index contributed by atoms with van der Waals surface area (Å²) in [6, 6.07) is 0. The second-order valence-electron chi connectivity index (χ2n) is 22.7. The fourth-order valence-corrected chi connectivity index (χ4v) is 13.9. The Labute approximate surface area is 369 Å². The molecule has 0 radical (unpaired) electrons. The zero-order valence-corrected chi connectivity index (χ0v) is 38.7. The van der Waals surface area contributed by atoms with Crippen molar-refractivity contribution in [1.82, 2.24) is 0 Å². The Morgan fingerprint density at radius 1 is 0.742 bits per heavy atom. The highest BCUT2D eigenvalue weighted by atomic mass is 16.7. The lowest BCUT2D eigenvalue weighted by Gasteiger charge is -2.66. The van der Waals surface area contributed by atoms with Crippen LogP contribution in [-0.2, 0) is 28.4 Å². The van der Waals surface area contributed by atoms with Crippen molar-refractivity contribution in [3.63, 3.8) is 0 Å². The molecule has 0 aromatic rings. The third kappa shape index (κ3) is 9.37. The minimum atomic E-state index is -1.26. The molecule has 7 rings (SSSR count). The fourth-order valence-electron chi connectivity index (χ4n) is 13.9. The van der Waals surface area contributed by atoms with Gasteiger partial charge in [-0.3, -0.25) is 0 Å². The molecule has 0 aromatic carbocycles. The number of allylic oxidation sites excluding steroid dienone is 1. The van der Waals surface area contributed by atoms with Gasteiger partial charge < -0.3 is 69.3 Å². The minimum absolute atomic E-state index is 0.0514. The zero-order valence-electron chi connectivity index (χ0n) is 38.7. The molecule has 0 spiro atoms. The molecule has 62 heavy (non-hydrogen) atoms. The van der Waals surface area contributed by atoms with E-state index in [-0.39, 0.29) is 60.2 Å². The second kappa shape index (κ2) is 18.7. The first kappa shape index (κ1) is 49.1. The SMILES string of the molecule is C[C@H](CCCC(C)(C)O)C1CC[C@@]2(C)C3CC=C4C(CC[C@H](O[C@@H]5O[C@H](CO[C@H]6O[C@H](CO[C@H]7O[C@@H](CO)[C@H](O)C[C@@H]7O)[C@@H](O)C[C@H]6O)C[C@H](O)[C@H]5O)C4(C)C)[C@]3(C)CC[C@]12C. The highest BCUT2D eigenvalue weighted by Crippen LogP contribution is 2.75. The van der Waals surface area contributed by atoms with Gasteiger partial charge in [-0.2, -0.15) is 0 Å². The standard InChI is InChI=1S/C48H82O14/c1-26(10-9-16-44(2,3)56)28-15-17-48(8)38-13-11-29-30(46(38,6)18-19-47(28,48)7)12-14-39(45(29,4)5)62-43-40(55)33(52)20-27(59-43)24-57-41-35(54)22-32(51)37(61-41)25-58-42-34(53)21-31(50)36(23-49)60-42/h11,26-28,30-43,49-56H,9-10,12-25H2,1-8H3/t26-,27+,28?,30?,31-,32+,33+,34+,35-,36+,37-,38?,39+,40-,41+,42+,43+,46+,47-,48+/m1/s1. The van der Waals surface area contributed by atoms with Crippen LogP contribution in [0, 0.1) is 45.3 Å². The maximum atomic E-state index is 11.2. The quantitative estimate of drug-likeness (QED) is 0.115. The smallest absolute Gasteiger partial charge is 0.186 e. The van der Waals surface area contributed by atoms with Crippen molar-refractivity contribution >= 4 is 0 Å². The summed E-state index contributed by atoms with van der Waals surface area (Å²) >= 11 is 0. The predicted octanol–water partition coefficient (Wildman–Crippen LogP) is 4.09. The van der Waals surface area contributed by atoms with E-state index in [0.717, 1.165) is 32.1 Å². The average Bonchev–Trinajstić information content (AvgIpc) is 3.47. The maximum Gasteiger partial charge on any atom is 0.186 e. The van der Waals surface area contributed by atoms with E-state index < -0.39 is 86.0 Å². The summed E-state index contributed by atoms with van der Waals surface area (Å²) in [6.45, 7) is 17.8. The molecule has 0 amide bonds. The Balaban J connectivity index is 0.957. The van der Waals surface area contributed by atoms with Gasteiger partial charge in [-0.05, 0) is 105 Å². The zero-order chi connectivity index (χ0) is 45.2. The van der Waals surface area contributed by atoms with Gasteiger partial charge in [-0.1, -0.05) is 66.0 Å². The van der Waals surface area contributed by atoms with E-state index in [1.165, 1.54) is 37.7 Å². The Kier molecular flexibility index (Phi) is 14.8. The summed E-state index contributed by atoms with van der Waals surface area (Å²) in [5.74, 6) is 2.35. The van der Waals surface area contributed by atoms with Gasteiger partial charge in [0.2, 0.25) is 0 Å². The maximum absolute atomic E-state index is 11.2. The van der Waals surface area contributed by atoms with Gasteiger partial charge in [0, 0.05) is 24.7 Å². The number of ether oxygens (including phenoxy) is 6. The van der Waals surface area contributed by atoms with Crippen LogP contribution in [0.4, 0.5) is 0 Å². The van der Waals surface area contributed by atoms with Crippen molar-refractivity contribution in [2.75, 3.05) is 19.8 Å². The lowest BCUT2D eigenvalue weighted by Crippen LogP contribution is -2.60. The molecule has 358 valence electrons. The lowest BCUT2D eigenvalue weighted by molar-refractivity contribution is -0.321. The molecule has 3 heterocycles. The van der Waals surface area contributed by atoms with Gasteiger partial charge in [0.15, 0.2) is 18.9 Å². The van der Waals surface area contributed by atoms with Crippen LogP contribution >= 0.6 is 0 Å². The lowest BCUT2D eigenvalue weighted by atomic mass is 9.39. The van der Waals surface area contributed by atoms with E-state index in [2.05, 4.69) is 47.6 Å². The monoisotopic (exact) mass is 883 g/mol. The van der Waals surface area contributed by atoms with Crippen molar-refractivity contribution in [2.24, 2.45) is 45.3 Å². The van der Waals surface area contributed by atoms with Crippen LogP contribution in [0.1, 0.15) is 139 Å². The van der Waals surface area contributed by atoms with E-state index in [9.17, 15) is 40.9 Å². The molecular formula is C48H82O14. The first-order chi connectivity index (χ1) is 29.0. The minimum Gasteiger partial charge on any atom is -0.394 e. The topological polar surface area (TPSA) is 217 Å². The number of hydrogen-bond donors (Lipinski definition) is 8. The van der Waals surface area contributed by atoms with E-state index in [1.54, 1.807) is 0 Å². The van der Waals surface area contributed by atoms with Crippen molar-refractivity contribution < 1.29 is 69.3 Å². The highest BCUT2D eigenvalue weighted by Gasteiger charge is 2.67. The first-order valence-corrected chi connectivity index (χ1v) is 24.0. The number of aliphatic hydroxyl groups excluding tert-OH is 7. The molecule has 3 unspecified atom stereocenters. The van der Waals surface area contributed by atoms with Gasteiger partial charge in [-0.15, -0.1) is 0 Å². The van der Waals surface area contributed by atoms with Crippen LogP contribution in [-0.4, -0.2) is 146 Å². The summed E-state index contributed by atoms with van der Waals surface area (Å²) in [7, 11) is 0. The van der Waals surface area contributed by atoms with E-state index in [4.69, 9.17) is 28.4 Å². The van der Waals surface area contributed by atoms with Crippen LogP contribution in [0.5, 0.6) is 0 Å². The van der Waals surface area contributed by atoms with Gasteiger partial charge in [-0.25, -0.2) is 0 Å². The van der Waals surface area contributed by atoms with Crippen molar-refractivity contribution in [1.29, 1.82) is 0 Å². The van der Waals surface area contributed by atoms with Gasteiger partial charge in [0.25, 0.3) is 0 Å². The third-order valence-corrected chi connectivity index (χ3v) is 17.9. The van der Waals surface area contributed by atoms with Crippen molar-refractivity contribution in [2.45, 2.75) is 224 Å². The van der Waals surface area contributed by atoms with Crippen LogP contribution in [0.25, 0.3) is 0 Å². The Bertz CT molecular complexity index is 1540. The largest absolute Gasteiger partial charge is 0.394 e. The van der Waals surface area contributed by atoms with Crippen LogP contribution in [0.2, 0.25) is 0 Å². The van der Waals surface area contributed by atoms with Crippen LogP contribution in [0.3, 0.4) is 0 Å². The molecule has 14 heteroatoms. The Morgan fingerprint density at radius 3 is 2.05 bits per heavy atom. The Morgan fingerprint density at radius 2 is 1.39 bits per heavy atom. The normalized spacial score (nSPS) is 48.7. The summed E-state index contributed by atoms with van der Waals surface area (Å²) in [4.78, 5) is 0. The summed E-state index contributed by atoms with van der Waals surface area (Å²) in [5, 5.41) is 83.8. The van der Waals surface area contributed by atoms with Crippen LogP contribution < -0.4 is 0 Å². The van der Waals surface area contributed by atoms with E-state index in [1.807, 2.05) is 13.8 Å². The number of fused-ring (bicyclic) bond motifs is 5. The summed E-state index contributed by atoms with van der Waals surface area (Å²) < 4.78 is 36.1. The predicted molar refractivity (Wildman–Crippen MR) is 228 cm³/mol. The van der Waals surface area contributed by atoms with E-state index in [0.29, 0.717) is 23.7 Å². The molecule has 20 atom stereocenters. The molecule has 14 nitrogen and oxygen atoms in total. The van der Waals surface area contributed by atoms with Crippen molar-refractivity contribution in [3.05, 3.63) is 11.6 Å². The fraction of sp³-hybridized carbons (Fsp3) is 0.958. The number of rotatable bonds is 14. The molecule has 3 aliphatic heterocycles. The molecule has 7 aliphatic rings. The molecule has 4 aliphatic carbocycles. The first-order valence-electron chi connectivity index (χ1n) is 24.0. The number of aliphatic hydroxyl groups is 8. The van der Waals surface area contributed by atoms with Gasteiger partial charge in [0.1, 0.15) is 30.5 Å². The Hall–Kier alpha value is -0.820. The van der Waals surface area contributed by atoms with Crippen LogP contribution in [0.15, 0.2) is 11.6 Å². The third-order valence-electron chi connectivity index (χ3n) is 17.9. The van der Waals surface area contributed by atoms with E-state index >= 15 is 0 Å². The average molecular weight is 883 g/mol. The number of hydrogen-bond acceptors (Lipinski definition) is 14. The van der Waals surface area contributed by atoms with Gasteiger partial charge >= 0.3 is 0 Å². The van der Waals surface area contributed by atoms with Gasteiger partial charge in [0.05, 0.1) is 55.9 Å². The molecule has 3 saturated carbocycles. The molecule has 0 aromatic heterocycles. The molecule has 6 fully saturated rings.